The average Bonchev–Trinajstić information content (AvgIpc) is 2.43. The number of nitrogen functional groups attached to an aromatic ring is 1. The first-order chi connectivity index (χ1) is 9.90. The lowest BCUT2D eigenvalue weighted by Crippen LogP contribution is -2.48. The molecule has 1 aromatic rings. The minimum Gasteiger partial charge on any atom is -0.399 e. The summed E-state index contributed by atoms with van der Waals surface area (Å²) < 4.78 is 18.8. The first kappa shape index (κ1) is 17.4. The molecule has 0 saturated carbocycles. The van der Waals surface area contributed by atoms with Gasteiger partial charge in [0.05, 0.1) is 18.3 Å². The number of halogens is 1. The van der Waals surface area contributed by atoms with Crippen molar-refractivity contribution in [1.82, 2.24) is 4.90 Å². The van der Waals surface area contributed by atoms with Crippen molar-refractivity contribution >= 4 is 17.3 Å². The summed E-state index contributed by atoms with van der Waals surface area (Å²) in [7, 11) is 1.62. The molecule has 0 aromatic heterocycles. The fourth-order valence-electron chi connectivity index (χ4n) is 2.33. The van der Waals surface area contributed by atoms with Gasteiger partial charge in [-0.3, -0.25) is 9.69 Å². The normalized spacial score (nSPS) is 14.0. The SMILES string of the molecule is CCN(C(C)COC)C(C)C(=O)Nc1cc(N)ccc1F. The van der Waals surface area contributed by atoms with Crippen LogP contribution in [-0.4, -0.2) is 43.2 Å². The number of benzene rings is 1. The summed E-state index contributed by atoms with van der Waals surface area (Å²) in [5.74, 6) is -0.776. The Morgan fingerprint density at radius 3 is 2.71 bits per heavy atom. The molecule has 0 spiro atoms. The van der Waals surface area contributed by atoms with Crippen LogP contribution in [0, 0.1) is 5.82 Å². The molecular weight excluding hydrogens is 273 g/mol. The van der Waals surface area contributed by atoms with E-state index in [4.69, 9.17) is 10.5 Å². The van der Waals surface area contributed by atoms with Gasteiger partial charge in [-0.15, -0.1) is 0 Å². The van der Waals surface area contributed by atoms with Crippen LogP contribution in [0.2, 0.25) is 0 Å². The highest BCUT2D eigenvalue weighted by Crippen LogP contribution is 2.18. The number of methoxy groups -OCH3 is 1. The number of likely N-dealkylation sites (N-methyl/N-ethyl adjacent to an activating group) is 1. The number of carbonyl (C=O) groups excluding carboxylic acids is 1. The monoisotopic (exact) mass is 297 g/mol. The Morgan fingerprint density at radius 1 is 1.48 bits per heavy atom. The Labute approximate surface area is 125 Å². The molecule has 2 unspecified atom stereocenters. The number of nitrogens with one attached hydrogen (secondary N) is 1. The molecule has 0 bridgehead atoms. The Bertz CT molecular complexity index is 482. The zero-order chi connectivity index (χ0) is 16.0. The van der Waals surface area contributed by atoms with Crippen molar-refractivity contribution in [3.05, 3.63) is 24.0 Å². The summed E-state index contributed by atoms with van der Waals surface area (Å²) in [6, 6.07) is 3.79. The minimum atomic E-state index is -0.502. The van der Waals surface area contributed by atoms with E-state index in [2.05, 4.69) is 5.32 Å². The van der Waals surface area contributed by atoms with Crippen molar-refractivity contribution in [3.8, 4) is 0 Å². The zero-order valence-corrected chi connectivity index (χ0v) is 13.0. The molecule has 2 atom stereocenters. The van der Waals surface area contributed by atoms with Crippen LogP contribution in [-0.2, 0) is 9.53 Å². The van der Waals surface area contributed by atoms with E-state index in [0.717, 1.165) is 0 Å². The molecule has 5 nitrogen and oxygen atoms in total. The number of nitrogens with two attached hydrogens (primary N) is 1. The predicted octanol–water partition coefficient (Wildman–Crippen LogP) is 2.09. The molecule has 0 saturated heterocycles. The molecule has 0 aliphatic rings. The second-order valence-electron chi connectivity index (χ2n) is 5.04. The van der Waals surface area contributed by atoms with Crippen molar-refractivity contribution in [3.63, 3.8) is 0 Å². The maximum atomic E-state index is 13.7. The van der Waals surface area contributed by atoms with Gasteiger partial charge in [-0.2, -0.15) is 0 Å². The van der Waals surface area contributed by atoms with Gasteiger partial charge in [-0.25, -0.2) is 4.39 Å². The Kier molecular flexibility index (Phi) is 6.58. The molecule has 0 heterocycles. The third kappa shape index (κ3) is 4.68. The number of rotatable bonds is 7. The van der Waals surface area contributed by atoms with Crippen molar-refractivity contribution in [2.45, 2.75) is 32.9 Å². The van der Waals surface area contributed by atoms with E-state index in [1.54, 1.807) is 14.0 Å². The largest absolute Gasteiger partial charge is 0.399 e. The molecule has 3 N–H and O–H groups in total. The van der Waals surface area contributed by atoms with E-state index in [-0.39, 0.29) is 17.6 Å². The summed E-state index contributed by atoms with van der Waals surface area (Å²) >= 11 is 0. The van der Waals surface area contributed by atoms with E-state index >= 15 is 0 Å². The van der Waals surface area contributed by atoms with Crippen LogP contribution < -0.4 is 11.1 Å². The fourth-order valence-corrected chi connectivity index (χ4v) is 2.33. The van der Waals surface area contributed by atoms with Gasteiger partial charge in [-0.1, -0.05) is 6.92 Å². The maximum Gasteiger partial charge on any atom is 0.241 e. The van der Waals surface area contributed by atoms with Gasteiger partial charge in [0.25, 0.3) is 0 Å². The lowest BCUT2D eigenvalue weighted by atomic mass is 10.2. The number of anilines is 2. The van der Waals surface area contributed by atoms with E-state index in [9.17, 15) is 9.18 Å². The molecule has 0 radical (unpaired) electrons. The smallest absolute Gasteiger partial charge is 0.241 e. The van der Waals surface area contributed by atoms with Gasteiger partial charge < -0.3 is 15.8 Å². The summed E-state index contributed by atoms with van der Waals surface area (Å²) in [4.78, 5) is 14.3. The number of nitrogens with zero attached hydrogens (tertiary/aromatic N) is 1. The van der Waals surface area contributed by atoms with Crippen LogP contribution in [0.25, 0.3) is 0 Å². The summed E-state index contributed by atoms with van der Waals surface area (Å²) in [6.45, 7) is 6.96. The van der Waals surface area contributed by atoms with Gasteiger partial charge in [0.1, 0.15) is 5.82 Å². The van der Waals surface area contributed by atoms with Gasteiger partial charge in [-0.05, 0) is 38.6 Å². The number of carbonyl (C=O) groups is 1. The standard InChI is InChI=1S/C15H24FN3O2/c1-5-19(10(2)9-21-4)11(3)15(20)18-14-8-12(17)6-7-13(14)16/h6-8,10-11H,5,9,17H2,1-4H3,(H,18,20). The highest BCUT2D eigenvalue weighted by molar-refractivity contribution is 5.95. The predicted molar refractivity (Wildman–Crippen MR) is 82.6 cm³/mol. The molecule has 0 aliphatic carbocycles. The quantitative estimate of drug-likeness (QED) is 0.756. The van der Waals surface area contributed by atoms with Gasteiger partial charge >= 0.3 is 0 Å². The van der Waals surface area contributed by atoms with Crippen molar-refractivity contribution in [2.24, 2.45) is 0 Å². The first-order valence-corrected chi connectivity index (χ1v) is 7.01. The second kappa shape index (κ2) is 7.95. The van der Waals surface area contributed by atoms with Crippen LogP contribution in [0.5, 0.6) is 0 Å². The van der Waals surface area contributed by atoms with Gasteiger partial charge in [0.2, 0.25) is 5.91 Å². The third-order valence-electron chi connectivity index (χ3n) is 3.46. The van der Waals surface area contributed by atoms with Crippen LogP contribution >= 0.6 is 0 Å². The number of hydrogen-bond acceptors (Lipinski definition) is 4. The zero-order valence-electron chi connectivity index (χ0n) is 13.0. The molecule has 1 rings (SSSR count). The molecule has 1 amide bonds. The van der Waals surface area contributed by atoms with Crippen LogP contribution in [0.15, 0.2) is 18.2 Å². The van der Waals surface area contributed by atoms with Crippen molar-refractivity contribution < 1.29 is 13.9 Å². The van der Waals surface area contributed by atoms with E-state index in [1.807, 2.05) is 18.7 Å². The maximum absolute atomic E-state index is 13.7. The number of ether oxygens (including phenoxy) is 1. The van der Waals surface area contributed by atoms with E-state index < -0.39 is 11.9 Å². The van der Waals surface area contributed by atoms with E-state index in [0.29, 0.717) is 18.8 Å². The average molecular weight is 297 g/mol. The highest BCUT2D eigenvalue weighted by Gasteiger charge is 2.25. The molecule has 0 fully saturated rings. The lowest BCUT2D eigenvalue weighted by Gasteiger charge is -2.32. The molecule has 118 valence electrons. The molecule has 1 aromatic carbocycles. The fraction of sp³-hybridized carbons (Fsp3) is 0.533. The Balaban J connectivity index is 2.79. The van der Waals surface area contributed by atoms with Crippen LogP contribution in [0.3, 0.4) is 0 Å². The Hall–Kier alpha value is -1.66. The summed E-state index contributed by atoms with van der Waals surface area (Å²) in [5, 5.41) is 2.59. The number of amides is 1. The van der Waals surface area contributed by atoms with Crippen molar-refractivity contribution in [1.29, 1.82) is 0 Å². The number of hydrogen-bond donors (Lipinski definition) is 2. The van der Waals surface area contributed by atoms with Gasteiger partial charge in [0, 0.05) is 18.8 Å². The van der Waals surface area contributed by atoms with Crippen LogP contribution in [0.4, 0.5) is 15.8 Å². The van der Waals surface area contributed by atoms with Crippen molar-refractivity contribution in [2.75, 3.05) is 31.3 Å². The summed E-state index contributed by atoms with van der Waals surface area (Å²) in [5.41, 5.74) is 6.11. The topological polar surface area (TPSA) is 67.6 Å². The molecule has 21 heavy (non-hydrogen) atoms. The molecule has 6 heteroatoms. The lowest BCUT2D eigenvalue weighted by molar-refractivity contribution is -0.121. The molecular formula is C15H24FN3O2. The highest BCUT2D eigenvalue weighted by atomic mass is 19.1. The third-order valence-corrected chi connectivity index (χ3v) is 3.46. The van der Waals surface area contributed by atoms with Gasteiger partial charge in [0.15, 0.2) is 0 Å². The van der Waals surface area contributed by atoms with E-state index in [1.165, 1.54) is 18.2 Å². The first-order valence-electron chi connectivity index (χ1n) is 7.01. The Morgan fingerprint density at radius 2 is 2.14 bits per heavy atom. The molecule has 0 aliphatic heterocycles. The second-order valence-corrected chi connectivity index (χ2v) is 5.04. The minimum absolute atomic E-state index is 0.0893. The summed E-state index contributed by atoms with van der Waals surface area (Å²) in [6.07, 6.45) is 0. The van der Waals surface area contributed by atoms with Crippen LogP contribution in [0.1, 0.15) is 20.8 Å².